The highest BCUT2D eigenvalue weighted by atomic mass is 16.2. The van der Waals surface area contributed by atoms with Crippen LogP contribution in [0.4, 0.5) is 0 Å². The molecule has 0 atom stereocenters. The molecule has 4 aromatic rings. The van der Waals surface area contributed by atoms with Crippen molar-refractivity contribution in [1.29, 1.82) is 5.26 Å². The summed E-state index contributed by atoms with van der Waals surface area (Å²) in [7, 11) is 0. The predicted molar refractivity (Wildman–Crippen MR) is 105 cm³/mol. The number of hydrogen-bond donors (Lipinski definition) is 1. The smallest absolute Gasteiger partial charge is 0.261 e. The molecule has 0 saturated carbocycles. The van der Waals surface area contributed by atoms with E-state index in [4.69, 9.17) is 5.26 Å². The summed E-state index contributed by atoms with van der Waals surface area (Å²) in [6.45, 7) is 0.637. The Bertz CT molecular complexity index is 1210. The number of hydrogen-bond acceptors (Lipinski definition) is 5. The number of hydrazone groups is 1. The lowest BCUT2D eigenvalue weighted by Gasteiger charge is -2.00. The first-order valence-electron chi connectivity index (χ1n) is 8.81. The molecule has 0 spiro atoms. The molecule has 0 aliphatic rings. The Kier molecular flexibility index (Phi) is 4.80. The molecule has 0 saturated heterocycles. The first kappa shape index (κ1) is 17.4. The monoisotopic (exact) mass is 371 g/mol. The highest BCUT2D eigenvalue weighted by molar-refractivity contribution is 5.99. The van der Waals surface area contributed by atoms with Gasteiger partial charge in [0.15, 0.2) is 0 Å². The van der Waals surface area contributed by atoms with E-state index in [9.17, 15) is 4.79 Å². The first-order valence-corrected chi connectivity index (χ1v) is 8.81. The molecule has 8 nitrogen and oxygen atoms in total. The average Bonchev–Trinajstić information content (AvgIpc) is 3.28. The van der Waals surface area contributed by atoms with E-state index in [1.807, 2.05) is 59.3 Å². The van der Waals surface area contributed by atoms with Crippen LogP contribution in [-0.4, -0.2) is 31.7 Å². The highest BCUT2D eigenvalue weighted by Gasteiger charge is 2.09. The summed E-state index contributed by atoms with van der Waals surface area (Å²) >= 11 is 0. The molecule has 0 bridgehead atoms. The number of benzene rings is 2. The third kappa shape index (κ3) is 3.46. The van der Waals surface area contributed by atoms with Crippen LogP contribution in [0.25, 0.3) is 21.9 Å². The number of nitriles is 1. The summed E-state index contributed by atoms with van der Waals surface area (Å²) in [6.07, 6.45) is 3.98. The number of rotatable bonds is 6. The molecule has 0 fully saturated rings. The maximum absolute atomic E-state index is 12.2. The van der Waals surface area contributed by atoms with Crippen molar-refractivity contribution >= 4 is 34.1 Å². The molecule has 2 aromatic carbocycles. The number of amides is 1. The van der Waals surface area contributed by atoms with E-state index in [0.717, 1.165) is 27.5 Å². The topological polar surface area (TPSA) is 101 Å². The third-order valence-electron chi connectivity index (χ3n) is 4.39. The molecule has 28 heavy (non-hydrogen) atoms. The van der Waals surface area contributed by atoms with Crippen molar-refractivity contribution in [3.8, 4) is 6.07 Å². The summed E-state index contributed by atoms with van der Waals surface area (Å²) in [5.74, 6) is -0.292. The Morgan fingerprint density at radius 3 is 2.82 bits per heavy atom. The largest absolute Gasteiger partial charge is 0.346 e. The van der Waals surface area contributed by atoms with Gasteiger partial charge in [0.25, 0.3) is 5.91 Å². The standard InChI is InChI=1S/C20H17N7O/c21-10-5-11-26-13-15(16-6-1-3-8-18(16)26)12-22-24-20(28)14-27-19-9-4-2-7-17(19)23-25-27/h1-4,6-9,12-13H,5,11,14H2,(H,24,28)/b22-12-. The summed E-state index contributed by atoms with van der Waals surface area (Å²) in [5.41, 5.74) is 5.97. The van der Waals surface area contributed by atoms with E-state index in [-0.39, 0.29) is 12.5 Å². The number of carbonyl (C=O) groups excluding carboxylic acids is 1. The molecule has 8 heteroatoms. The minimum atomic E-state index is -0.292. The van der Waals surface area contributed by atoms with Crippen molar-refractivity contribution in [2.75, 3.05) is 0 Å². The summed E-state index contributed by atoms with van der Waals surface area (Å²) in [6, 6.07) is 17.5. The van der Waals surface area contributed by atoms with Crippen molar-refractivity contribution in [3.05, 3.63) is 60.3 Å². The van der Waals surface area contributed by atoms with Crippen LogP contribution in [0.2, 0.25) is 0 Å². The van der Waals surface area contributed by atoms with Gasteiger partial charge < -0.3 is 4.57 Å². The lowest BCUT2D eigenvalue weighted by Crippen LogP contribution is -2.23. The Balaban J connectivity index is 1.47. The van der Waals surface area contributed by atoms with Gasteiger partial charge in [-0.2, -0.15) is 10.4 Å². The predicted octanol–water partition coefficient (Wildman–Crippen LogP) is 2.45. The van der Waals surface area contributed by atoms with Crippen LogP contribution >= 0.6 is 0 Å². The fraction of sp³-hybridized carbons (Fsp3) is 0.150. The van der Waals surface area contributed by atoms with Gasteiger partial charge in [0.2, 0.25) is 0 Å². The minimum absolute atomic E-state index is 0.0295. The van der Waals surface area contributed by atoms with Gasteiger partial charge in [0, 0.05) is 29.2 Å². The second kappa shape index (κ2) is 7.72. The number of fused-ring (bicyclic) bond motifs is 2. The van der Waals surface area contributed by atoms with Gasteiger partial charge in [0.05, 0.1) is 24.2 Å². The maximum Gasteiger partial charge on any atom is 0.261 e. The van der Waals surface area contributed by atoms with Crippen LogP contribution < -0.4 is 5.43 Å². The number of carbonyl (C=O) groups is 1. The van der Waals surface area contributed by atoms with Gasteiger partial charge >= 0.3 is 0 Å². The van der Waals surface area contributed by atoms with Gasteiger partial charge in [-0.15, -0.1) is 5.10 Å². The van der Waals surface area contributed by atoms with Crippen molar-refractivity contribution in [2.45, 2.75) is 19.5 Å². The second-order valence-electron chi connectivity index (χ2n) is 6.23. The van der Waals surface area contributed by atoms with E-state index in [2.05, 4.69) is 26.9 Å². The molecule has 0 aliphatic carbocycles. The van der Waals surface area contributed by atoms with Crippen molar-refractivity contribution < 1.29 is 4.79 Å². The summed E-state index contributed by atoms with van der Waals surface area (Å²) < 4.78 is 3.55. The fourth-order valence-electron chi connectivity index (χ4n) is 3.11. The van der Waals surface area contributed by atoms with Crippen molar-refractivity contribution in [2.24, 2.45) is 5.10 Å². The molecule has 2 aromatic heterocycles. The van der Waals surface area contributed by atoms with Crippen LogP contribution in [0, 0.1) is 11.3 Å². The van der Waals surface area contributed by atoms with E-state index in [0.29, 0.717) is 13.0 Å². The number of aromatic nitrogens is 4. The number of aryl methyl sites for hydroxylation is 1. The SMILES string of the molecule is N#CCCn1cc(/C=N\NC(=O)Cn2nnc3ccccc32)c2ccccc21. The average molecular weight is 371 g/mol. The molecule has 4 rings (SSSR count). The van der Waals surface area contributed by atoms with Crippen LogP contribution in [0.15, 0.2) is 59.8 Å². The zero-order chi connectivity index (χ0) is 19.3. The number of nitrogens with one attached hydrogen (secondary N) is 1. The highest BCUT2D eigenvalue weighted by Crippen LogP contribution is 2.20. The van der Waals surface area contributed by atoms with Gasteiger partial charge in [0.1, 0.15) is 12.1 Å². The molecule has 138 valence electrons. The third-order valence-corrected chi connectivity index (χ3v) is 4.39. The molecule has 0 radical (unpaired) electrons. The molecule has 0 unspecified atom stereocenters. The zero-order valence-electron chi connectivity index (χ0n) is 15.0. The van der Waals surface area contributed by atoms with Crippen LogP contribution in [0.5, 0.6) is 0 Å². The van der Waals surface area contributed by atoms with Gasteiger partial charge in [-0.1, -0.05) is 35.5 Å². The Hall–Kier alpha value is -3.99. The van der Waals surface area contributed by atoms with E-state index < -0.39 is 0 Å². The van der Waals surface area contributed by atoms with Crippen molar-refractivity contribution in [1.82, 2.24) is 25.0 Å². The lowest BCUT2D eigenvalue weighted by molar-refractivity contribution is -0.121. The maximum atomic E-state index is 12.2. The van der Waals surface area contributed by atoms with E-state index in [1.165, 1.54) is 4.68 Å². The molecule has 0 aliphatic heterocycles. The first-order chi connectivity index (χ1) is 13.8. The van der Waals surface area contributed by atoms with E-state index >= 15 is 0 Å². The van der Waals surface area contributed by atoms with Gasteiger partial charge in [-0.05, 0) is 18.2 Å². The summed E-state index contributed by atoms with van der Waals surface area (Å²) in [4.78, 5) is 12.2. The molecule has 2 heterocycles. The molecular formula is C20H17N7O. The lowest BCUT2D eigenvalue weighted by atomic mass is 10.2. The molecular weight excluding hydrogens is 354 g/mol. The Morgan fingerprint density at radius 1 is 1.18 bits per heavy atom. The fourth-order valence-corrected chi connectivity index (χ4v) is 3.11. The minimum Gasteiger partial charge on any atom is -0.346 e. The zero-order valence-corrected chi connectivity index (χ0v) is 15.0. The molecule has 1 N–H and O–H groups in total. The number of para-hydroxylation sites is 2. The normalized spacial score (nSPS) is 11.2. The molecule has 1 amide bonds. The van der Waals surface area contributed by atoms with Crippen molar-refractivity contribution in [3.63, 3.8) is 0 Å². The number of nitrogens with zero attached hydrogens (tertiary/aromatic N) is 6. The quantitative estimate of drug-likeness (QED) is 0.415. The van der Waals surface area contributed by atoms with Gasteiger partial charge in [-0.3, -0.25) is 4.79 Å². The Labute approximate surface area is 160 Å². The Morgan fingerprint density at radius 2 is 1.96 bits per heavy atom. The van der Waals surface area contributed by atoms with Gasteiger partial charge in [-0.25, -0.2) is 10.1 Å². The summed E-state index contributed by atoms with van der Waals surface area (Å²) in [5, 5.41) is 22.0. The van der Waals surface area contributed by atoms with E-state index in [1.54, 1.807) is 6.21 Å². The van der Waals surface area contributed by atoms with Crippen LogP contribution in [0.3, 0.4) is 0 Å². The second-order valence-corrected chi connectivity index (χ2v) is 6.23. The van der Waals surface area contributed by atoms with Crippen LogP contribution in [0.1, 0.15) is 12.0 Å². The van der Waals surface area contributed by atoms with Crippen LogP contribution in [-0.2, 0) is 17.9 Å².